The monoisotopic (exact) mass is 608 g/mol. The molecular formula is C29H56N2O11. The number of ether oxygens (including phenoxy) is 3. The molecule has 2 fully saturated rings. The molecule has 2 rings (SSSR count). The summed E-state index contributed by atoms with van der Waals surface area (Å²) < 4.78 is 19.4. The lowest BCUT2D eigenvalue weighted by Crippen LogP contribution is -2.93. The number of carbonyl (C=O) groups excluding carboxylic acids is 2. The minimum absolute atomic E-state index is 0.559. The summed E-state index contributed by atoms with van der Waals surface area (Å²) in [4.78, 5) is 24.9. The fraction of sp³-hybridized carbons (Fsp3) is 0.931. The molecule has 0 aromatic carbocycles. The van der Waals surface area contributed by atoms with Gasteiger partial charge in [0.2, 0.25) is 11.8 Å². The zero-order valence-electron chi connectivity index (χ0n) is 27.8. The Morgan fingerprint density at radius 2 is 0.976 bits per heavy atom. The van der Waals surface area contributed by atoms with Crippen molar-refractivity contribution in [3.05, 3.63) is 0 Å². The molecule has 0 aromatic rings. The van der Waals surface area contributed by atoms with Crippen LogP contribution in [0, 0.1) is 0 Å². The molecule has 0 bridgehead atoms. The van der Waals surface area contributed by atoms with Crippen LogP contribution in [-0.4, -0.2) is 118 Å². The Bertz CT molecular complexity index is 1040. The van der Waals surface area contributed by atoms with E-state index in [9.17, 15) is 40.2 Å². The Balaban J connectivity index is 0.00000431. The van der Waals surface area contributed by atoms with Gasteiger partial charge < -0.3 is 55.5 Å². The van der Waals surface area contributed by atoms with Crippen LogP contribution >= 0.6 is 0 Å². The molecule has 248 valence electrons. The van der Waals surface area contributed by atoms with Gasteiger partial charge in [0.05, 0.1) is 25.4 Å². The second-order valence-electron chi connectivity index (χ2n) is 13.3. The lowest BCUT2D eigenvalue weighted by Gasteiger charge is -2.72. The van der Waals surface area contributed by atoms with Crippen molar-refractivity contribution in [2.45, 2.75) is 153 Å². The molecule has 10 unspecified atom stereocenters. The number of carbonyl (C=O) groups is 2. The van der Waals surface area contributed by atoms with Crippen LogP contribution in [0.2, 0.25) is 0 Å². The highest BCUT2D eigenvalue weighted by Gasteiger charge is 2.81. The number of nitrogens with one attached hydrogen (secondary N) is 2. The standard InChI is InChI=1S/C27H50N2O11.C2H6/c1-16(33)28-21(6)18(3,13-30)38-20(5,15-32)26(11,25(21,10)37)40-27(12)22(7,29-17(2)34)24(9,36)23(8,35)19(4,14-31)39-27;1-2/h30-32,35-37H,13-15H2,1-12H3,(H,28,33)(H,29,34);1-2H3. The van der Waals surface area contributed by atoms with Gasteiger partial charge in [-0.3, -0.25) is 9.59 Å². The molecule has 2 aliphatic heterocycles. The van der Waals surface area contributed by atoms with Gasteiger partial charge in [-0.2, -0.15) is 0 Å². The predicted octanol–water partition coefficient (Wildman–Crippen LogP) is -0.140. The minimum atomic E-state index is -2.26. The quantitative estimate of drug-likeness (QED) is 0.191. The summed E-state index contributed by atoms with van der Waals surface area (Å²) in [6.07, 6.45) is 0. The zero-order valence-corrected chi connectivity index (χ0v) is 27.8. The first-order valence-corrected chi connectivity index (χ1v) is 14.3. The Labute approximate surface area is 249 Å². The van der Waals surface area contributed by atoms with E-state index in [1.165, 1.54) is 83.1 Å². The summed E-state index contributed by atoms with van der Waals surface area (Å²) in [5.74, 6) is -3.36. The Hall–Kier alpha value is -1.42. The van der Waals surface area contributed by atoms with Gasteiger partial charge in [-0.15, -0.1) is 0 Å². The largest absolute Gasteiger partial charge is 0.393 e. The van der Waals surface area contributed by atoms with E-state index in [-0.39, 0.29) is 0 Å². The van der Waals surface area contributed by atoms with Crippen LogP contribution in [0.15, 0.2) is 0 Å². The summed E-state index contributed by atoms with van der Waals surface area (Å²) in [7, 11) is 0. The van der Waals surface area contributed by atoms with Gasteiger partial charge in [-0.25, -0.2) is 0 Å². The molecule has 0 aliphatic carbocycles. The van der Waals surface area contributed by atoms with Gasteiger partial charge >= 0.3 is 0 Å². The Morgan fingerprint density at radius 3 is 1.33 bits per heavy atom. The Kier molecular flexibility index (Phi) is 10.3. The van der Waals surface area contributed by atoms with Gasteiger partial charge in [0.1, 0.15) is 44.7 Å². The molecule has 0 spiro atoms. The highest BCUT2D eigenvalue weighted by atomic mass is 16.7. The number of aliphatic hydroxyl groups is 6. The van der Waals surface area contributed by atoms with E-state index in [1.54, 1.807) is 0 Å². The number of aliphatic hydroxyl groups excluding tert-OH is 3. The summed E-state index contributed by atoms with van der Waals surface area (Å²) in [5.41, 5.74) is -17.8. The second kappa shape index (κ2) is 11.2. The van der Waals surface area contributed by atoms with E-state index in [1.807, 2.05) is 13.8 Å². The first-order valence-electron chi connectivity index (χ1n) is 14.3. The summed E-state index contributed by atoms with van der Waals surface area (Å²) in [5, 5.41) is 72.9. The summed E-state index contributed by atoms with van der Waals surface area (Å²) in [6, 6.07) is 0. The molecule has 2 aliphatic rings. The molecule has 2 heterocycles. The molecule has 42 heavy (non-hydrogen) atoms. The maximum Gasteiger partial charge on any atom is 0.217 e. The second-order valence-corrected chi connectivity index (χ2v) is 13.3. The highest BCUT2D eigenvalue weighted by molar-refractivity contribution is 5.75. The van der Waals surface area contributed by atoms with Crippen molar-refractivity contribution < 1.29 is 54.4 Å². The zero-order chi connectivity index (χ0) is 33.8. The highest BCUT2D eigenvalue weighted by Crippen LogP contribution is 2.60. The van der Waals surface area contributed by atoms with E-state index in [0.29, 0.717) is 0 Å². The molecular weight excluding hydrogens is 552 g/mol. The van der Waals surface area contributed by atoms with E-state index in [4.69, 9.17) is 14.2 Å². The number of hydrogen-bond donors (Lipinski definition) is 8. The molecule has 2 amide bonds. The molecule has 0 aromatic heterocycles. The average molecular weight is 609 g/mol. The normalized spacial score (nSPS) is 50.8. The number of hydrogen-bond acceptors (Lipinski definition) is 11. The summed E-state index contributed by atoms with van der Waals surface area (Å²) in [6.45, 7) is 17.9. The third-order valence-electron chi connectivity index (χ3n) is 10.9. The number of amides is 2. The van der Waals surface area contributed by atoms with Crippen molar-refractivity contribution in [3.8, 4) is 0 Å². The van der Waals surface area contributed by atoms with Crippen molar-refractivity contribution in [1.29, 1.82) is 0 Å². The smallest absolute Gasteiger partial charge is 0.217 e. The van der Waals surface area contributed by atoms with E-state index >= 15 is 0 Å². The maximum atomic E-state index is 12.5. The van der Waals surface area contributed by atoms with Crippen LogP contribution in [-0.2, 0) is 23.8 Å². The molecule has 13 nitrogen and oxygen atoms in total. The van der Waals surface area contributed by atoms with Gasteiger partial charge in [0.15, 0.2) is 5.79 Å². The maximum absolute atomic E-state index is 12.5. The fourth-order valence-electron chi connectivity index (χ4n) is 6.75. The van der Waals surface area contributed by atoms with Crippen molar-refractivity contribution in [2.75, 3.05) is 19.8 Å². The molecule has 8 N–H and O–H groups in total. The Morgan fingerprint density at radius 1 is 0.595 bits per heavy atom. The van der Waals surface area contributed by atoms with Gasteiger partial charge in [0, 0.05) is 13.8 Å². The van der Waals surface area contributed by atoms with Crippen molar-refractivity contribution in [2.24, 2.45) is 0 Å². The first-order chi connectivity index (χ1) is 18.6. The van der Waals surface area contributed by atoms with Crippen molar-refractivity contribution >= 4 is 11.8 Å². The SMILES string of the molecule is CC.CC(=O)NC1(C)C(C)(CO)OC(C)(CO)C(C)(OC2(C)OC(C)(CO)C(C)(O)C(C)(O)C2(C)NC(C)=O)C1(C)O. The van der Waals surface area contributed by atoms with Gasteiger partial charge in [-0.05, 0) is 69.2 Å². The van der Waals surface area contributed by atoms with Crippen LogP contribution in [0.1, 0.15) is 96.9 Å². The van der Waals surface area contributed by atoms with Crippen LogP contribution in [0.5, 0.6) is 0 Å². The third-order valence-corrected chi connectivity index (χ3v) is 10.9. The van der Waals surface area contributed by atoms with E-state index in [2.05, 4.69) is 10.6 Å². The predicted molar refractivity (Wildman–Crippen MR) is 154 cm³/mol. The lowest BCUT2D eigenvalue weighted by atomic mass is 9.55. The molecule has 0 saturated carbocycles. The van der Waals surface area contributed by atoms with Gasteiger partial charge in [0.25, 0.3) is 0 Å². The van der Waals surface area contributed by atoms with E-state index < -0.39 is 87.7 Å². The number of rotatable bonds is 7. The minimum Gasteiger partial charge on any atom is -0.393 e. The van der Waals surface area contributed by atoms with Crippen molar-refractivity contribution in [3.63, 3.8) is 0 Å². The van der Waals surface area contributed by atoms with Crippen LogP contribution in [0.3, 0.4) is 0 Å². The first kappa shape index (κ1) is 38.6. The molecule has 2 saturated heterocycles. The van der Waals surface area contributed by atoms with Crippen LogP contribution in [0.4, 0.5) is 0 Å². The summed E-state index contributed by atoms with van der Waals surface area (Å²) >= 11 is 0. The third kappa shape index (κ3) is 4.71. The molecule has 0 radical (unpaired) electrons. The lowest BCUT2D eigenvalue weighted by molar-refractivity contribution is -0.478. The van der Waals surface area contributed by atoms with Crippen LogP contribution < -0.4 is 10.6 Å². The van der Waals surface area contributed by atoms with Crippen molar-refractivity contribution in [1.82, 2.24) is 10.6 Å². The van der Waals surface area contributed by atoms with E-state index in [0.717, 1.165) is 0 Å². The van der Waals surface area contributed by atoms with Crippen LogP contribution in [0.25, 0.3) is 0 Å². The molecule has 13 heteroatoms. The topological polar surface area (TPSA) is 207 Å². The molecule has 10 atom stereocenters. The van der Waals surface area contributed by atoms with Gasteiger partial charge in [-0.1, -0.05) is 13.8 Å². The average Bonchev–Trinajstić information content (AvgIpc) is 2.86. The fourth-order valence-corrected chi connectivity index (χ4v) is 6.75.